The van der Waals surface area contributed by atoms with E-state index < -0.39 is 12.1 Å². The van der Waals surface area contributed by atoms with Crippen molar-refractivity contribution in [1.29, 1.82) is 0 Å². The maximum absolute atomic E-state index is 13.2. The van der Waals surface area contributed by atoms with Crippen LogP contribution < -0.4 is 10.6 Å². The first-order chi connectivity index (χ1) is 19.9. The van der Waals surface area contributed by atoms with Gasteiger partial charge in [0.1, 0.15) is 6.33 Å². The van der Waals surface area contributed by atoms with Crippen LogP contribution in [0.25, 0.3) is 23.0 Å². The molecule has 0 saturated carbocycles. The number of hydrogen-bond acceptors (Lipinski definition) is 7. The van der Waals surface area contributed by atoms with Crippen LogP contribution >= 0.6 is 11.6 Å². The highest BCUT2D eigenvalue weighted by atomic mass is 35.5. The predicted octanol–water partition coefficient (Wildman–Crippen LogP) is 4.98. The number of anilines is 1. The molecular formula is C29H23ClN8O3. The lowest BCUT2D eigenvalue weighted by Gasteiger charge is -2.19. The first kappa shape index (κ1) is 27.2. The molecule has 3 N–H and O–H groups in total. The van der Waals surface area contributed by atoms with Crippen molar-refractivity contribution in [1.82, 2.24) is 35.7 Å². The van der Waals surface area contributed by atoms with Crippen LogP contribution in [0.15, 0.2) is 97.5 Å². The highest BCUT2D eigenvalue weighted by Gasteiger charge is 2.17. The summed E-state index contributed by atoms with van der Waals surface area (Å²) in [5.74, 6) is -0.323. The Kier molecular flexibility index (Phi) is 8.36. The van der Waals surface area contributed by atoms with Crippen molar-refractivity contribution in [2.75, 3.05) is 5.32 Å². The van der Waals surface area contributed by atoms with Gasteiger partial charge < -0.3 is 10.4 Å². The number of rotatable bonds is 9. The fourth-order valence-corrected chi connectivity index (χ4v) is 4.37. The summed E-state index contributed by atoms with van der Waals surface area (Å²) in [5.41, 5.74) is 4.87. The van der Waals surface area contributed by atoms with E-state index in [1.54, 1.807) is 54.7 Å². The number of hydrogen-bond donors (Lipinski definition) is 3. The van der Waals surface area contributed by atoms with E-state index in [4.69, 9.17) is 16.7 Å². The van der Waals surface area contributed by atoms with Crippen molar-refractivity contribution in [3.8, 4) is 16.9 Å². The molecule has 5 aromatic rings. The third kappa shape index (κ3) is 7.16. The molecule has 41 heavy (non-hydrogen) atoms. The number of tetrazole rings is 1. The van der Waals surface area contributed by atoms with Crippen LogP contribution in [0, 0.1) is 0 Å². The van der Waals surface area contributed by atoms with Gasteiger partial charge in [0.05, 0.1) is 23.6 Å². The van der Waals surface area contributed by atoms with Gasteiger partial charge >= 0.3 is 6.09 Å². The topological polar surface area (TPSA) is 148 Å². The molecule has 0 aliphatic carbocycles. The molecule has 0 bridgehead atoms. The van der Waals surface area contributed by atoms with E-state index in [0.29, 0.717) is 34.1 Å². The summed E-state index contributed by atoms with van der Waals surface area (Å²) in [6, 6.07) is 23.2. The van der Waals surface area contributed by atoms with E-state index in [1.807, 2.05) is 36.4 Å². The molecule has 2 amide bonds. The zero-order valence-electron chi connectivity index (χ0n) is 21.4. The lowest BCUT2D eigenvalue weighted by Crippen LogP contribution is -2.28. The maximum Gasteiger partial charge on any atom is 0.409 e. The summed E-state index contributed by atoms with van der Waals surface area (Å²) in [6.07, 6.45) is 5.53. The van der Waals surface area contributed by atoms with Gasteiger partial charge in [-0.3, -0.25) is 10.1 Å². The van der Waals surface area contributed by atoms with Crippen molar-refractivity contribution >= 4 is 35.4 Å². The van der Waals surface area contributed by atoms with E-state index >= 15 is 0 Å². The fourth-order valence-electron chi connectivity index (χ4n) is 4.19. The molecule has 5 rings (SSSR count). The van der Waals surface area contributed by atoms with Gasteiger partial charge in [0.25, 0.3) is 0 Å². The molecule has 11 nitrogen and oxygen atoms in total. The molecule has 204 valence electrons. The van der Waals surface area contributed by atoms with Gasteiger partial charge in [-0.2, -0.15) is 14.9 Å². The molecular weight excluding hydrogens is 544 g/mol. The number of nitrogens with one attached hydrogen (secondary N) is 2. The van der Waals surface area contributed by atoms with Crippen molar-refractivity contribution in [3.63, 3.8) is 0 Å². The Hall–Kier alpha value is -5.42. The Morgan fingerprint density at radius 3 is 2.54 bits per heavy atom. The molecule has 2 heterocycles. The van der Waals surface area contributed by atoms with Gasteiger partial charge in [-0.05, 0) is 70.4 Å². The van der Waals surface area contributed by atoms with Gasteiger partial charge in [0.2, 0.25) is 5.91 Å². The second kappa shape index (κ2) is 12.6. The minimum Gasteiger partial charge on any atom is -0.465 e. The number of carbonyl (C=O) groups is 2. The molecule has 1 unspecified atom stereocenters. The Bertz CT molecular complexity index is 1680. The number of carbonyl (C=O) groups excluding carboxylic acids is 1. The van der Waals surface area contributed by atoms with Crippen LogP contribution in [0.2, 0.25) is 5.02 Å². The number of halogens is 1. The van der Waals surface area contributed by atoms with Crippen LogP contribution in [0.4, 0.5) is 10.5 Å². The van der Waals surface area contributed by atoms with Crippen LogP contribution in [0.1, 0.15) is 22.7 Å². The number of benzene rings is 3. The van der Waals surface area contributed by atoms with Gasteiger partial charge in [-0.1, -0.05) is 54.1 Å². The summed E-state index contributed by atoms with van der Waals surface area (Å²) < 4.78 is 1.49. The van der Waals surface area contributed by atoms with E-state index in [0.717, 1.165) is 16.7 Å². The lowest BCUT2D eigenvalue weighted by molar-refractivity contribution is -0.117. The van der Waals surface area contributed by atoms with Crippen LogP contribution in [-0.4, -0.2) is 47.5 Å². The van der Waals surface area contributed by atoms with E-state index in [9.17, 15) is 9.59 Å². The molecule has 0 aliphatic heterocycles. The van der Waals surface area contributed by atoms with Crippen LogP contribution in [0.3, 0.4) is 0 Å². The average Bonchev–Trinajstić information content (AvgIpc) is 3.51. The molecule has 12 heteroatoms. The average molecular weight is 567 g/mol. The molecule has 0 spiro atoms. The second-order valence-electron chi connectivity index (χ2n) is 8.92. The smallest absolute Gasteiger partial charge is 0.409 e. The molecule has 3 aromatic carbocycles. The first-order valence-corrected chi connectivity index (χ1v) is 12.8. The standard InChI is InChI=1S/C29H23ClN8O3/c30-23-9-12-27(38-18-32-36-37-38)21(15-23)8-13-28(39)34-25(14-19-4-2-1-3-5-19)22-16-26(35-31-17-22)20-6-10-24(11-7-20)33-29(40)41/h1-13,15-18,25,33H,14H2,(H,34,39)(H,40,41). The highest BCUT2D eigenvalue weighted by molar-refractivity contribution is 6.30. The van der Waals surface area contributed by atoms with Gasteiger partial charge in [-0.15, -0.1) is 5.10 Å². The lowest BCUT2D eigenvalue weighted by atomic mass is 9.98. The van der Waals surface area contributed by atoms with Crippen LogP contribution in [0.5, 0.6) is 0 Å². The van der Waals surface area contributed by atoms with E-state index in [2.05, 4.69) is 36.4 Å². The number of amides is 2. The second-order valence-corrected chi connectivity index (χ2v) is 9.36. The van der Waals surface area contributed by atoms with Crippen LogP contribution in [-0.2, 0) is 11.2 Å². The summed E-state index contributed by atoms with van der Waals surface area (Å²) in [4.78, 5) is 24.1. The van der Waals surface area contributed by atoms with Crippen molar-refractivity contribution in [2.45, 2.75) is 12.5 Å². The number of nitrogens with zero attached hydrogens (tertiary/aromatic N) is 6. The summed E-state index contributed by atoms with van der Waals surface area (Å²) >= 11 is 6.21. The zero-order chi connectivity index (χ0) is 28.6. The first-order valence-electron chi connectivity index (χ1n) is 12.4. The van der Waals surface area contributed by atoms with Crippen molar-refractivity contribution < 1.29 is 14.7 Å². The SMILES string of the molecule is O=C(O)Nc1ccc(-c2cc(C(Cc3ccccc3)NC(=O)C=Cc3cc(Cl)ccc3-n3cnnn3)cnn2)cc1. The molecule has 0 fully saturated rings. The Labute approximate surface area is 239 Å². The quantitative estimate of drug-likeness (QED) is 0.212. The predicted molar refractivity (Wildman–Crippen MR) is 153 cm³/mol. The summed E-state index contributed by atoms with van der Waals surface area (Å²) in [7, 11) is 0. The fraction of sp³-hybridized carbons (Fsp3) is 0.0690. The zero-order valence-corrected chi connectivity index (χ0v) is 22.2. The monoisotopic (exact) mass is 566 g/mol. The minimum atomic E-state index is -1.14. The maximum atomic E-state index is 13.2. The summed E-state index contributed by atoms with van der Waals surface area (Å²) in [5, 5.41) is 34.5. The van der Waals surface area contributed by atoms with Crippen molar-refractivity contribution in [2.24, 2.45) is 0 Å². The number of carboxylic acid groups (broad SMARTS) is 1. The molecule has 1 atom stereocenters. The Balaban J connectivity index is 1.40. The Morgan fingerprint density at radius 2 is 1.80 bits per heavy atom. The highest BCUT2D eigenvalue weighted by Crippen LogP contribution is 2.25. The third-order valence-corrected chi connectivity index (χ3v) is 6.34. The van der Waals surface area contributed by atoms with E-state index in [1.165, 1.54) is 17.1 Å². The van der Waals surface area contributed by atoms with Gasteiger partial charge in [0.15, 0.2) is 0 Å². The largest absolute Gasteiger partial charge is 0.465 e. The van der Waals surface area contributed by atoms with Gasteiger partial charge in [-0.25, -0.2) is 4.79 Å². The minimum absolute atomic E-state index is 0.323. The number of aromatic nitrogens is 6. The summed E-state index contributed by atoms with van der Waals surface area (Å²) in [6.45, 7) is 0. The van der Waals surface area contributed by atoms with Gasteiger partial charge in [0, 0.05) is 27.9 Å². The molecule has 2 aromatic heterocycles. The third-order valence-electron chi connectivity index (χ3n) is 6.11. The Morgan fingerprint density at radius 1 is 1.00 bits per heavy atom. The molecule has 0 saturated heterocycles. The normalized spacial score (nSPS) is 11.7. The molecule has 0 aliphatic rings. The van der Waals surface area contributed by atoms with Crippen molar-refractivity contribution in [3.05, 3.63) is 119 Å². The van der Waals surface area contributed by atoms with E-state index in [-0.39, 0.29) is 5.91 Å². The molecule has 0 radical (unpaired) electrons.